The Labute approximate surface area is 175 Å². The largest absolute Gasteiger partial charge is 0.274 e. The lowest BCUT2D eigenvalue weighted by atomic mass is 9.81. The summed E-state index contributed by atoms with van der Waals surface area (Å²) in [5.74, 6) is 0.0613. The highest BCUT2D eigenvalue weighted by atomic mass is 32.1. The van der Waals surface area contributed by atoms with Gasteiger partial charge in [-0.1, -0.05) is 34.9 Å². The number of aryl methyl sites for hydroxylation is 3. The summed E-state index contributed by atoms with van der Waals surface area (Å²) < 4.78 is 0. The van der Waals surface area contributed by atoms with Gasteiger partial charge >= 0.3 is 0 Å². The lowest BCUT2D eigenvalue weighted by Gasteiger charge is -2.18. The molecule has 2 amide bonds. The number of carbonyl (C=O) groups excluding carboxylic acids is 2. The van der Waals surface area contributed by atoms with Crippen LogP contribution in [0.15, 0.2) is 29.3 Å². The second-order valence-electron chi connectivity index (χ2n) is 9.03. The molecular weight excluding hydrogens is 380 g/mol. The minimum absolute atomic E-state index is 0.0353. The normalized spacial score (nSPS) is 27.9. The zero-order valence-electron chi connectivity index (χ0n) is 17.6. The quantitative estimate of drug-likeness (QED) is 0.508. The Hall–Kier alpha value is -2.27. The van der Waals surface area contributed by atoms with Crippen molar-refractivity contribution < 1.29 is 9.59 Å². The van der Waals surface area contributed by atoms with Gasteiger partial charge in [-0.05, 0) is 64.9 Å². The maximum absolute atomic E-state index is 13.4. The highest BCUT2D eigenvalue weighted by Gasteiger charge is 2.64. The fourth-order valence-corrected chi connectivity index (χ4v) is 6.92. The molecule has 2 heterocycles. The summed E-state index contributed by atoms with van der Waals surface area (Å²) in [5, 5.41) is 0.542. The number of anilines is 1. The minimum Gasteiger partial charge on any atom is -0.274 e. The third-order valence-corrected chi connectivity index (χ3v) is 8.00. The van der Waals surface area contributed by atoms with Crippen LogP contribution in [0.25, 0.3) is 11.3 Å². The Morgan fingerprint density at radius 1 is 1.03 bits per heavy atom. The monoisotopic (exact) mass is 406 g/mol. The molecule has 4 nitrogen and oxygen atoms in total. The molecule has 3 fully saturated rings. The number of benzene rings is 1. The second-order valence-corrected chi connectivity index (χ2v) is 10.2. The van der Waals surface area contributed by atoms with E-state index in [1.54, 1.807) is 0 Å². The molecule has 1 aromatic carbocycles. The van der Waals surface area contributed by atoms with Crippen LogP contribution in [0.3, 0.4) is 0 Å². The molecule has 0 spiro atoms. The SMILES string of the molecule is CC(C)=C1[C@H]2CC[C@H]1[C@@H]1C(=O)N(c3nc(-c4ccc(C)cc4C)c(C)s3)C(=O)[C@H]12. The molecule has 0 radical (unpaired) electrons. The van der Waals surface area contributed by atoms with E-state index in [9.17, 15) is 9.59 Å². The summed E-state index contributed by atoms with van der Waals surface area (Å²) in [6.07, 6.45) is 2.06. The van der Waals surface area contributed by atoms with Crippen molar-refractivity contribution >= 4 is 28.3 Å². The molecule has 1 saturated heterocycles. The van der Waals surface area contributed by atoms with Gasteiger partial charge in [-0.25, -0.2) is 9.88 Å². The van der Waals surface area contributed by atoms with Gasteiger partial charge in [-0.3, -0.25) is 9.59 Å². The van der Waals surface area contributed by atoms with E-state index in [-0.39, 0.29) is 35.5 Å². The molecule has 29 heavy (non-hydrogen) atoms. The van der Waals surface area contributed by atoms with Crippen molar-refractivity contribution in [2.24, 2.45) is 23.7 Å². The Balaban J connectivity index is 1.53. The maximum atomic E-state index is 13.4. The molecule has 0 unspecified atom stereocenters. The molecule has 2 bridgehead atoms. The summed E-state index contributed by atoms with van der Waals surface area (Å²) in [6, 6.07) is 6.30. The van der Waals surface area contributed by atoms with Crippen molar-refractivity contribution in [3.05, 3.63) is 45.3 Å². The van der Waals surface area contributed by atoms with Crippen LogP contribution in [-0.4, -0.2) is 16.8 Å². The van der Waals surface area contributed by atoms with Gasteiger partial charge in [0.25, 0.3) is 0 Å². The van der Waals surface area contributed by atoms with E-state index in [1.807, 2.05) is 6.92 Å². The lowest BCUT2D eigenvalue weighted by Crippen LogP contribution is -2.33. The van der Waals surface area contributed by atoms with Gasteiger partial charge in [0.2, 0.25) is 11.8 Å². The number of rotatable bonds is 2. The second kappa shape index (κ2) is 6.36. The number of nitrogens with zero attached hydrogens (tertiary/aromatic N) is 2. The van der Waals surface area contributed by atoms with E-state index in [0.717, 1.165) is 34.5 Å². The first-order valence-electron chi connectivity index (χ1n) is 10.4. The fraction of sp³-hybridized carbons (Fsp3) is 0.458. The number of fused-ring (bicyclic) bond motifs is 5. The first kappa shape index (κ1) is 18.7. The van der Waals surface area contributed by atoms with Crippen LogP contribution in [-0.2, 0) is 9.59 Å². The van der Waals surface area contributed by atoms with Crippen molar-refractivity contribution in [2.45, 2.75) is 47.5 Å². The predicted molar refractivity (Wildman–Crippen MR) is 116 cm³/mol. The molecule has 0 N–H and O–H groups in total. The van der Waals surface area contributed by atoms with E-state index in [2.05, 4.69) is 45.9 Å². The highest BCUT2D eigenvalue weighted by Crippen LogP contribution is 2.60. The van der Waals surface area contributed by atoms with Gasteiger partial charge in [0.15, 0.2) is 5.13 Å². The van der Waals surface area contributed by atoms with Crippen molar-refractivity contribution in [1.29, 1.82) is 0 Å². The highest BCUT2D eigenvalue weighted by molar-refractivity contribution is 7.16. The van der Waals surface area contributed by atoms with E-state index in [1.165, 1.54) is 32.9 Å². The van der Waals surface area contributed by atoms with Crippen LogP contribution in [0.1, 0.15) is 42.7 Å². The average Bonchev–Trinajstić information content (AvgIpc) is 3.37. The van der Waals surface area contributed by atoms with Gasteiger partial charge in [0.1, 0.15) is 0 Å². The molecule has 1 aliphatic heterocycles. The number of hydrogen-bond acceptors (Lipinski definition) is 4. The van der Waals surface area contributed by atoms with Gasteiger partial charge in [0.05, 0.1) is 17.5 Å². The van der Waals surface area contributed by atoms with E-state index >= 15 is 0 Å². The van der Waals surface area contributed by atoms with Gasteiger partial charge in [0, 0.05) is 10.4 Å². The number of amides is 2. The van der Waals surface area contributed by atoms with Crippen LogP contribution in [0.4, 0.5) is 5.13 Å². The van der Waals surface area contributed by atoms with E-state index in [0.29, 0.717) is 5.13 Å². The Bertz CT molecular complexity index is 1060. The predicted octanol–water partition coefficient (Wildman–Crippen LogP) is 5.22. The fourth-order valence-electron chi connectivity index (χ4n) is 5.99. The van der Waals surface area contributed by atoms with Crippen molar-refractivity contribution in [1.82, 2.24) is 4.98 Å². The van der Waals surface area contributed by atoms with Crippen LogP contribution in [0, 0.1) is 44.4 Å². The molecule has 4 atom stereocenters. The van der Waals surface area contributed by atoms with Crippen LogP contribution in [0.5, 0.6) is 0 Å². The van der Waals surface area contributed by atoms with Crippen LogP contribution >= 0.6 is 11.3 Å². The third kappa shape index (κ3) is 2.53. The van der Waals surface area contributed by atoms with Crippen molar-refractivity contribution in [2.75, 3.05) is 4.90 Å². The third-order valence-electron chi connectivity index (χ3n) is 7.04. The number of thiazole rings is 1. The molecular formula is C24H26N2O2S. The summed E-state index contributed by atoms with van der Waals surface area (Å²) >= 11 is 1.46. The Kier molecular flexibility index (Phi) is 4.11. The Morgan fingerprint density at radius 3 is 2.21 bits per heavy atom. The summed E-state index contributed by atoms with van der Waals surface area (Å²) in [6.45, 7) is 10.4. The van der Waals surface area contributed by atoms with E-state index < -0.39 is 0 Å². The smallest absolute Gasteiger partial charge is 0.240 e. The minimum atomic E-state index is -0.181. The number of allylic oxidation sites excluding steroid dienone is 2. The lowest BCUT2D eigenvalue weighted by molar-refractivity contribution is -0.123. The number of hydrogen-bond donors (Lipinski definition) is 0. The standard InChI is InChI=1S/C24H26N2O2S/c1-11(2)18-16-8-9-17(18)20-19(16)22(27)26(23(20)28)24-25-21(14(5)29-24)15-7-6-12(3)10-13(15)4/h6-7,10,16-17,19-20H,8-9H2,1-5H3/t16-,17-,19+,20+/m1/s1. The van der Waals surface area contributed by atoms with Gasteiger partial charge in [-0.2, -0.15) is 0 Å². The zero-order chi connectivity index (χ0) is 20.6. The van der Waals surface area contributed by atoms with Crippen LogP contribution in [0.2, 0.25) is 0 Å². The number of imide groups is 1. The molecule has 2 aliphatic carbocycles. The molecule has 5 rings (SSSR count). The first-order valence-corrected chi connectivity index (χ1v) is 11.2. The molecule has 5 heteroatoms. The summed E-state index contributed by atoms with van der Waals surface area (Å²) in [4.78, 5) is 34.0. The molecule has 2 saturated carbocycles. The molecule has 3 aliphatic rings. The first-order chi connectivity index (χ1) is 13.8. The molecule has 2 aromatic rings. The number of carbonyl (C=O) groups is 2. The maximum Gasteiger partial charge on any atom is 0.240 e. The average molecular weight is 407 g/mol. The van der Waals surface area contributed by atoms with Crippen molar-refractivity contribution in [3.63, 3.8) is 0 Å². The van der Waals surface area contributed by atoms with Crippen LogP contribution < -0.4 is 4.90 Å². The topological polar surface area (TPSA) is 50.3 Å². The number of aromatic nitrogens is 1. The van der Waals surface area contributed by atoms with E-state index in [4.69, 9.17) is 4.98 Å². The van der Waals surface area contributed by atoms with Gasteiger partial charge in [-0.15, -0.1) is 11.3 Å². The molecule has 1 aromatic heterocycles. The Morgan fingerprint density at radius 2 is 1.66 bits per heavy atom. The van der Waals surface area contributed by atoms with Gasteiger partial charge < -0.3 is 0 Å². The van der Waals surface area contributed by atoms with Crippen molar-refractivity contribution in [3.8, 4) is 11.3 Å². The molecule has 150 valence electrons. The summed E-state index contributed by atoms with van der Waals surface area (Å²) in [5.41, 5.74) is 7.00. The summed E-state index contributed by atoms with van der Waals surface area (Å²) in [7, 11) is 0. The zero-order valence-corrected chi connectivity index (χ0v) is 18.4.